The summed E-state index contributed by atoms with van der Waals surface area (Å²) in [4.78, 5) is 17.5. The maximum Gasteiger partial charge on any atom is 0.257 e. The van der Waals surface area contributed by atoms with Crippen LogP contribution in [0.3, 0.4) is 0 Å². The first-order valence-electron chi connectivity index (χ1n) is 10.7. The van der Waals surface area contributed by atoms with Crippen LogP contribution in [0.1, 0.15) is 48.9 Å². The second-order valence-corrected chi connectivity index (χ2v) is 9.52. The van der Waals surface area contributed by atoms with Gasteiger partial charge in [-0.15, -0.1) is 0 Å². The van der Waals surface area contributed by atoms with E-state index in [2.05, 4.69) is 10.00 Å². The van der Waals surface area contributed by atoms with E-state index in [4.69, 9.17) is 4.74 Å². The first kappa shape index (κ1) is 17.7. The van der Waals surface area contributed by atoms with E-state index in [9.17, 15) is 4.79 Å². The highest BCUT2D eigenvalue weighted by Gasteiger charge is 2.53. The van der Waals surface area contributed by atoms with Gasteiger partial charge in [0.2, 0.25) is 0 Å². The maximum atomic E-state index is 12.8. The number of hydrogen-bond acceptors (Lipinski definition) is 4. The van der Waals surface area contributed by atoms with Crippen LogP contribution in [-0.4, -0.2) is 70.4 Å². The molecule has 4 aliphatic rings. The number of nitrogens with zero attached hydrogens (tertiary/aromatic N) is 4. The molecule has 2 saturated carbocycles. The molecule has 5 rings (SSSR count). The van der Waals surface area contributed by atoms with Crippen molar-refractivity contribution >= 4 is 5.91 Å². The van der Waals surface area contributed by atoms with E-state index in [0.29, 0.717) is 11.5 Å². The van der Waals surface area contributed by atoms with Gasteiger partial charge in [0, 0.05) is 46.1 Å². The third-order valence-corrected chi connectivity index (χ3v) is 6.94. The summed E-state index contributed by atoms with van der Waals surface area (Å²) in [7, 11) is 1.86. The van der Waals surface area contributed by atoms with E-state index in [1.165, 1.54) is 51.6 Å². The number of likely N-dealkylation sites (tertiary alicyclic amines) is 2. The van der Waals surface area contributed by atoms with Gasteiger partial charge in [-0.3, -0.25) is 14.4 Å². The highest BCUT2D eigenvalue weighted by molar-refractivity contribution is 5.94. The van der Waals surface area contributed by atoms with Crippen molar-refractivity contribution in [1.29, 1.82) is 0 Å². The molecular weight excluding hydrogens is 340 g/mol. The average molecular weight is 373 g/mol. The molecule has 2 saturated heterocycles. The summed E-state index contributed by atoms with van der Waals surface area (Å²) in [5.41, 5.74) is 0.896. The van der Waals surface area contributed by atoms with Crippen molar-refractivity contribution in [3.05, 3.63) is 18.0 Å². The van der Waals surface area contributed by atoms with Crippen LogP contribution in [0.4, 0.5) is 0 Å². The minimum atomic E-state index is 0.132. The third kappa shape index (κ3) is 3.79. The molecule has 1 amide bonds. The molecule has 1 aromatic heterocycles. The van der Waals surface area contributed by atoms with E-state index in [1.54, 1.807) is 10.9 Å². The monoisotopic (exact) mass is 372 g/mol. The number of carbonyl (C=O) groups excluding carboxylic acids is 1. The number of piperidine rings is 1. The Balaban J connectivity index is 1.21. The van der Waals surface area contributed by atoms with E-state index >= 15 is 0 Å². The lowest BCUT2D eigenvalue weighted by Crippen LogP contribution is -2.73. The zero-order chi connectivity index (χ0) is 18.4. The van der Waals surface area contributed by atoms with Gasteiger partial charge in [-0.2, -0.15) is 5.10 Å². The molecule has 4 fully saturated rings. The minimum Gasteiger partial charge on any atom is -0.381 e. The molecule has 0 radical (unpaired) electrons. The van der Waals surface area contributed by atoms with E-state index in [-0.39, 0.29) is 11.4 Å². The zero-order valence-electron chi connectivity index (χ0n) is 16.5. The standard InChI is InChI=1S/C21H32N4O2/c1-23-11-19(9-22-23)20(26)24-14-21(15-24)8-18(13-27-12-17-4-5-17)6-7-25(21)10-16-2-3-16/h9,11,16-18H,2-8,10,12-15H2,1H3. The second-order valence-electron chi connectivity index (χ2n) is 9.52. The molecule has 6 nitrogen and oxygen atoms in total. The minimum absolute atomic E-state index is 0.132. The Morgan fingerprint density at radius 3 is 2.56 bits per heavy atom. The van der Waals surface area contributed by atoms with E-state index in [1.807, 2.05) is 18.1 Å². The van der Waals surface area contributed by atoms with Gasteiger partial charge in [0.05, 0.1) is 17.3 Å². The molecule has 6 heteroatoms. The van der Waals surface area contributed by atoms with E-state index < -0.39 is 0 Å². The van der Waals surface area contributed by atoms with Gasteiger partial charge in [-0.05, 0) is 62.8 Å². The lowest BCUT2D eigenvalue weighted by Gasteiger charge is -2.59. The number of amides is 1. The Labute approximate surface area is 161 Å². The fourth-order valence-electron chi connectivity index (χ4n) is 4.92. The summed E-state index contributed by atoms with van der Waals surface area (Å²) < 4.78 is 7.73. The second kappa shape index (κ2) is 6.89. The number of aromatic nitrogens is 2. The lowest BCUT2D eigenvalue weighted by molar-refractivity contribution is -0.0895. The van der Waals surface area contributed by atoms with Gasteiger partial charge in [0.1, 0.15) is 0 Å². The maximum absolute atomic E-state index is 12.8. The van der Waals surface area contributed by atoms with Crippen molar-refractivity contribution in [2.75, 3.05) is 39.4 Å². The zero-order valence-corrected chi connectivity index (χ0v) is 16.5. The Bertz CT molecular complexity index is 688. The highest BCUT2D eigenvalue weighted by Crippen LogP contribution is 2.42. The molecule has 0 bridgehead atoms. The molecule has 27 heavy (non-hydrogen) atoms. The summed E-state index contributed by atoms with van der Waals surface area (Å²) in [6.45, 7) is 6.00. The fourth-order valence-corrected chi connectivity index (χ4v) is 4.92. The molecular formula is C21H32N4O2. The molecule has 148 valence electrons. The van der Waals surface area contributed by atoms with Crippen LogP contribution in [-0.2, 0) is 11.8 Å². The van der Waals surface area contributed by atoms with Crippen LogP contribution in [0.2, 0.25) is 0 Å². The molecule has 1 spiro atoms. The predicted molar refractivity (Wildman–Crippen MR) is 102 cm³/mol. The molecule has 1 unspecified atom stereocenters. The summed E-state index contributed by atoms with van der Waals surface area (Å²) in [5.74, 6) is 2.51. The van der Waals surface area contributed by atoms with Gasteiger partial charge in [-0.1, -0.05) is 0 Å². The molecule has 2 aliphatic carbocycles. The van der Waals surface area contributed by atoms with Crippen molar-refractivity contribution in [2.45, 2.75) is 44.1 Å². The van der Waals surface area contributed by atoms with Crippen molar-refractivity contribution in [1.82, 2.24) is 19.6 Å². The number of ether oxygens (including phenoxy) is 1. The normalized spacial score (nSPS) is 27.7. The van der Waals surface area contributed by atoms with Crippen molar-refractivity contribution in [2.24, 2.45) is 24.8 Å². The topological polar surface area (TPSA) is 50.6 Å². The van der Waals surface area contributed by atoms with Crippen molar-refractivity contribution < 1.29 is 9.53 Å². The Hall–Kier alpha value is -1.40. The molecule has 1 aromatic rings. The summed E-state index contributed by atoms with van der Waals surface area (Å²) in [5, 5.41) is 4.15. The Morgan fingerprint density at radius 1 is 1.15 bits per heavy atom. The Morgan fingerprint density at radius 2 is 1.89 bits per heavy atom. The van der Waals surface area contributed by atoms with Crippen LogP contribution in [0.15, 0.2) is 12.4 Å². The number of hydrogen-bond donors (Lipinski definition) is 0. The van der Waals surface area contributed by atoms with Gasteiger partial charge in [-0.25, -0.2) is 0 Å². The molecule has 1 atom stereocenters. The first-order valence-corrected chi connectivity index (χ1v) is 10.7. The molecule has 3 heterocycles. The van der Waals surface area contributed by atoms with Gasteiger partial charge in [0.15, 0.2) is 0 Å². The number of rotatable bonds is 7. The van der Waals surface area contributed by atoms with Crippen LogP contribution in [0.25, 0.3) is 0 Å². The summed E-state index contributed by atoms with van der Waals surface area (Å²) in [6, 6.07) is 0. The first-order chi connectivity index (χ1) is 13.1. The third-order valence-electron chi connectivity index (χ3n) is 6.94. The molecule has 0 aromatic carbocycles. The molecule has 2 aliphatic heterocycles. The largest absolute Gasteiger partial charge is 0.381 e. The number of carbonyl (C=O) groups is 1. The summed E-state index contributed by atoms with van der Waals surface area (Å²) in [6.07, 6.45) is 11.4. The fraction of sp³-hybridized carbons (Fsp3) is 0.810. The average Bonchev–Trinajstić information content (AvgIpc) is 3.55. The van der Waals surface area contributed by atoms with Crippen LogP contribution < -0.4 is 0 Å². The van der Waals surface area contributed by atoms with E-state index in [0.717, 1.165) is 38.1 Å². The predicted octanol–water partition coefficient (Wildman–Crippen LogP) is 2.16. The number of aryl methyl sites for hydroxylation is 1. The summed E-state index contributed by atoms with van der Waals surface area (Å²) >= 11 is 0. The van der Waals surface area contributed by atoms with Gasteiger partial charge >= 0.3 is 0 Å². The van der Waals surface area contributed by atoms with Crippen molar-refractivity contribution in [3.8, 4) is 0 Å². The Kier molecular flexibility index (Phi) is 4.51. The lowest BCUT2D eigenvalue weighted by atomic mass is 9.74. The molecule has 0 N–H and O–H groups in total. The quantitative estimate of drug-likeness (QED) is 0.736. The SMILES string of the molecule is Cn1cc(C(=O)N2CC3(CC(COCC4CC4)CCN3CC3CC3)C2)cn1. The van der Waals surface area contributed by atoms with Gasteiger partial charge < -0.3 is 9.64 Å². The van der Waals surface area contributed by atoms with Crippen molar-refractivity contribution in [3.63, 3.8) is 0 Å². The van der Waals surface area contributed by atoms with Crippen LogP contribution in [0.5, 0.6) is 0 Å². The van der Waals surface area contributed by atoms with Crippen LogP contribution >= 0.6 is 0 Å². The van der Waals surface area contributed by atoms with Gasteiger partial charge in [0.25, 0.3) is 5.91 Å². The smallest absolute Gasteiger partial charge is 0.257 e. The highest BCUT2D eigenvalue weighted by atomic mass is 16.5. The van der Waals surface area contributed by atoms with Crippen LogP contribution in [0, 0.1) is 17.8 Å².